The zero-order chi connectivity index (χ0) is 14.7. The van der Waals surface area contributed by atoms with E-state index in [1.54, 1.807) is 6.07 Å². The lowest BCUT2D eigenvalue weighted by Crippen LogP contribution is -2.42. The zero-order valence-corrected chi connectivity index (χ0v) is 12.2. The van der Waals surface area contributed by atoms with Crippen LogP contribution in [-0.4, -0.2) is 22.2 Å². The van der Waals surface area contributed by atoms with Crippen molar-refractivity contribution in [3.8, 4) is 5.75 Å². The first kappa shape index (κ1) is 15.1. The molecule has 2 rings (SSSR count). The number of carboxylic acids is 1. The molecule has 1 aromatic carbocycles. The molecule has 3 atom stereocenters. The van der Waals surface area contributed by atoms with E-state index < -0.39 is 12.0 Å². The van der Waals surface area contributed by atoms with Crippen LogP contribution in [0.1, 0.15) is 44.2 Å². The number of hydrogen-bond acceptors (Lipinski definition) is 3. The predicted molar refractivity (Wildman–Crippen MR) is 78.0 cm³/mol. The Morgan fingerprint density at radius 3 is 2.75 bits per heavy atom. The molecule has 1 aromatic rings. The predicted octanol–water partition coefficient (Wildman–Crippen LogP) is 3.34. The van der Waals surface area contributed by atoms with Crippen LogP contribution >= 0.6 is 11.6 Å². The van der Waals surface area contributed by atoms with Crippen molar-refractivity contribution in [3.63, 3.8) is 0 Å². The maximum Gasteiger partial charge on any atom is 0.325 e. The fourth-order valence-corrected chi connectivity index (χ4v) is 3.01. The van der Waals surface area contributed by atoms with Gasteiger partial charge in [-0.15, -0.1) is 0 Å². The van der Waals surface area contributed by atoms with Gasteiger partial charge in [0, 0.05) is 16.6 Å². The van der Waals surface area contributed by atoms with Crippen molar-refractivity contribution < 1.29 is 15.0 Å². The Hall–Kier alpha value is -1.26. The summed E-state index contributed by atoms with van der Waals surface area (Å²) < 4.78 is 0. The molecule has 1 saturated carbocycles. The third kappa shape index (κ3) is 3.44. The number of carbonyl (C=O) groups is 1. The molecule has 0 bridgehead atoms. The average molecular weight is 298 g/mol. The minimum Gasteiger partial charge on any atom is -0.508 e. The van der Waals surface area contributed by atoms with Gasteiger partial charge >= 0.3 is 5.97 Å². The van der Waals surface area contributed by atoms with Crippen LogP contribution in [0.5, 0.6) is 5.75 Å². The summed E-state index contributed by atoms with van der Waals surface area (Å²) in [6.07, 6.45) is 4.37. The largest absolute Gasteiger partial charge is 0.508 e. The van der Waals surface area contributed by atoms with Crippen LogP contribution in [0.25, 0.3) is 0 Å². The number of aliphatic carboxylic acids is 1. The van der Waals surface area contributed by atoms with Crippen LogP contribution in [0.3, 0.4) is 0 Å². The molecule has 1 aliphatic carbocycles. The van der Waals surface area contributed by atoms with Gasteiger partial charge in [0.1, 0.15) is 11.8 Å². The van der Waals surface area contributed by atoms with E-state index in [4.69, 9.17) is 11.6 Å². The Labute approximate surface area is 123 Å². The highest BCUT2D eigenvalue weighted by Crippen LogP contribution is 2.31. The standard InChI is InChI=1S/C15H20ClNO3/c1-9-4-2-3-5-12(9)17-14(15(19)20)11-8-10(16)6-7-13(11)18/h6-9,12,14,17-18H,2-5H2,1H3,(H,19,20). The van der Waals surface area contributed by atoms with Crippen molar-refractivity contribution in [1.82, 2.24) is 5.32 Å². The number of nitrogens with one attached hydrogen (secondary N) is 1. The van der Waals surface area contributed by atoms with Gasteiger partial charge in [-0.2, -0.15) is 0 Å². The molecule has 20 heavy (non-hydrogen) atoms. The first-order chi connectivity index (χ1) is 9.49. The lowest BCUT2D eigenvalue weighted by molar-refractivity contribution is -0.140. The lowest BCUT2D eigenvalue weighted by atomic mass is 9.85. The molecule has 4 nitrogen and oxygen atoms in total. The van der Waals surface area contributed by atoms with Crippen LogP contribution in [-0.2, 0) is 4.79 Å². The topological polar surface area (TPSA) is 69.6 Å². The van der Waals surface area contributed by atoms with Crippen LogP contribution in [0.2, 0.25) is 5.02 Å². The summed E-state index contributed by atoms with van der Waals surface area (Å²) in [5, 5.41) is 22.9. The van der Waals surface area contributed by atoms with Crippen molar-refractivity contribution in [1.29, 1.82) is 0 Å². The molecule has 5 heteroatoms. The zero-order valence-electron chi connectivity index (χ0n) is 11.5. The maximum absolute atomic E-state index is 11.5. The molecule has 3 N–H and O–H groups in total. The molecule has 3 unspecified atom stereocenters. The van der Waals surface area contributed by atoms with E-state index in [0.29, 0.717) is 16.5 Å². The fraction of sp³-hybridized carbons (Fsp3) is 0.533. The first-order valence-corrected chi connectivity index (χ1v) is 7.34. The van der Waals surface area contributed by atoms with Crippen LogP contribution in [0.4, 0.5) is 0 Å². The monoisotopic (exact) mass is 297 g/mol. The van der Waals surface area contributed by atoms with E-state index in [1.165, 1.54) is 18.6 Å². The number of phenolic OH excluding ortho intramolecular Hbond substituents is 1. The second-order valence-corrected chi connectivity index (χ2v) is 5.95. The van der Waals surface area contributed by atoms with Gasteiger partial charge in [0.15, 0.2) is 0 Å². The Morgan fingerprint density at radius 2 is 2.10 bits per heavy atom. The van der Waals surface area contributed by atoms with Gasteiger partial charge < -0.3 is 10.2 Å². The molecular formula is C15H20ClNO3. The van der Waals surface area contributed by atoms with Gasteiger partial charge in [-0.25, -0.2) is 0 Å². The summed E-state index contributed by atoms with van der Waals surface area (Å²) in [7, 11) is 0. The van der Waals surface area contributed by atoms with Gasteiger partial charge in [-0.05, 0) is 37.0 Å². The summed E-state index contributed by atoms with van der Waals surface area (Å²) >= 11 is 5.91. The Morgan fingerprint density at radius 1 is 1.40 bits per heavy atom. The third-order valence-electron chi connectivity index (χ3n) is 4.04. The number of halogens is 1. The molecule has 0 aliphatic heterocycles. The minimum atomic E-state index is -1.000. The summed E-state index contributed by atoms with van der Waals surface area (Å²) in [4.78, 5) is 11.5. The van der Waals surface area contributed by atoms with Crippen LogP contribution < -0.4 is 5.32 Å². The highest BCUT2D eigenvalue weighted by atomic mass is 35.5. The van der Waals surface area contributed by atoms with Crippen LogP contribution in [0, 0.1) is 5.92 Å². The number of carboxylic acid groups (broad SMARTS) is 1. The van der Waals surface area contributed by atoms with E-state index in [0.717, 1.165) is 19.3 Å². The summed E-state index contributed by atoms with van der Waals surface area (Å²) in [6.45, 7) is 2.13. The smallest absolute Gasteiger partial charge is 0.325 e. The van der Waals surface area contributed by atoms with Gasteiger partial charge in [0.25, 0.3) is 0 Å². The molecular weight excluding hydrogens is 278 g/mol. The Balaban J connectivity index is 2.22. The van der Waals surface area contributed by atoms with Gasteiger partial charge in [-0.3, -0.25) is 10.1 Å². The average Bonchev–Trinajstić information content (AvgIpc) is 2.40. The number of hydrogen-bond donors (Lipinski definition) is 3. The maximum atomic E-state index is 11.5. The van der Waals surface area contributed by atoms with E-state index in [1.807, 2.05) is 0 Å². The second kappa shape index (κ2) is 6.46. The molecule has 1 aliphatic rings. The molecule has 0 radical (unpaired) electrons. The number of aromatic hydroxyl groups is 1. The molecule has 1 fully saturated rings. The van der Waals surface area contributed by atoms with Crippen molar-refractivity contribution in [2.45, 2.75) is 44.7 Å². The van der Waals surface area contributed by atoms with Crippen molar-refractivity contribution in [3.05, 3.63) is 28.8 Å². The molecule has 0 amide bonds. The number of phenols is 1. The van der Waals surface area contributed by atoms with Gasteiger partial charge in [-0.1, -0.05) is 31.4 Å². The summed E-state index contributed by atoms with van der Waals surface area (Å²) in [5.74, 6) is -0.606. The van der Waals surface area contributed by atoms with E-state index in [2.05, 4.69) is 12.2 Å². The van der Waals surface area contributed by atoms with E-state index >= 15 is 0 Å². The third-order valence-corrected chi connectivity index (χ3v) is 4.27. The summed E-state index contributed by atoms with van der Waals surface area (Å²) in [5.41, 5.74) is 0.322. The van der Waals surface area contributed by atoms with Crippen LogP contribution in [0.15, 0.2) is 18.2 Å². The van der Waals surface area contributed by atoms with E-state index in [-0.39, 0.29) is 11.8 Å². The summed E-state index contributed by atoms with van der Waals surface area (Å²) in [6, 6.07) is 3.71. The van der Waals surface area contributed by atoms with Crippen molar-refractivity contribution in [2.75, 3.05) is 0 Å². The number of rotatable bonds is 4. The van der Waals surface area contributed by atoms with Crippen molar-refractivity contribution >= 4 is 17.6 Å². The number of benzene rings is 1. The molecule has 0 heterocycles. The SMILES string of the molecule is CC1CCCCC1NC(C(=O)O)c1cc(Cl)ccc1O. The normalized spacial score (nSPS) is 24.3. The highest BCUT2D eigenvalue weighted by molar-refractivity contribution is 6.30. The first-order valence-electron chi connectivity index (χ1n) is 6.96. The highest BCUT2D eigenvalue weighted by Gasteiger charge is 2.29. The Kier molecular flexibility index (Phi) is 4.89. The Bertz CT molecular complexity index is 492. The second-order valence-electron chi connectivity index (χ2n) is 5.51. The molecule has 110 valence electrons. The minimum absolute atomic E-state index is 0.0437. The van der Waals surface area contributed by atoms with Gasteiger partial charge in [0.2, 0.25) is 0 Å². The molecule has 0 spiro atoms. The van der Waals surface area contributed by atoms with E-state index in [9.17, 15) is 15.0 Å². The quantitative estimate of drug-likeness (QED) is 0.797. The molecule has 0 saturated heterocycles. The van der Waals surface area contributed by atoms with Crippen molar-refractivity contribution in [2.24, 2.45) is 5.92 Å². The fourth-order valence-electron chi connectivity index (χ4n) is 2.83. The molecule has 0 aromatic heterocycles. The lowest BCUT2D eigenvalue weighted by Gasteiger charge is -2.32. The van der Waals surface area contributed by atoms with Gasteiger partial charge in [0.05, 0.1) is 0 Å².